The number of benzene rings is 4. The normalized spacial score (nSPS) is 11.9. The maximum Gasteiger partial charge on any atom is 0.0809 e. The molecule has 0 saturated heterocycles. The first kappa shape index (κ1) is 16.6. The highest BCUT2D eigenvalue weighted by Gasteiger charge is 2.25. The maximum atomic E-state index is 5.22. The third-order valence-electron chi connectivity index (χ3n) is 6.35. The molecule has 31 heavy (non-hydrogen) atoms. The molecule has 0 atom stereocenters. The van der Waals surface area contributed by atoms with Gasteiger partial charge in [-0.25, -0.2) is 4.98 Å². The van der Waals surface area contributed by atoms with Crippen LogP contribution in [0.1, 0.15) is 0 Å². The second-order valence-corrected chi connectivity index (χ2v) is 8.03. The van der Waals surface area contributed by atoms with Gasteiger partial charge >= 0.3 is 0 Å². The second kappa shape index (κ2) is 6.16. The molecule has 0 saturated carbocycles. The van der Waals surface area contributed by atoms with Crippen molar-refractivity contribution < 1.29 is 0 Å². The smallest absolute Gasteiger partial charge is 0.0809 e. The Bertz CT molecular complexity index is 1620. The molecule has 0 radical (unpaired) electrons. The van der Waals surface area contributed by atoms with Crippen LogP contribution in [0.5, 0.6) is 0 Å². The van der Waals surface area contributed by atoms with Crippen LogP contribution in [0.3, 0.4) is 0 Å². The molecular weight excluding hydrogens is 376 g/mol. The third kappa shape index (κ3) is 2.25. The summed E-state index contributed by atoms with van der Waals surface area (Å²) in [6.07, 6.45) is 0. The Labute approximate surface area is 180 Å². The summed E-state index contributed by atoms with van der Waals surface area (Å²) in [6.45, 7) is 0. The first-order valence-electron chi connectivity index (χ1n) is 10.6. The molecule has 4 aromatic carbocycles. The van der Waals surface area contributed by atoms with Crippen molar-refractivity contribution in [2.75, 3.05) is 0 Å². The molecule has 144 valence electrons. The number of aromatic nitrogens is 2. The number of nitrogens with zero attached hydrogens (tertiary/aromatic N) is 2. The zero-order valence-corrected chi connectivity index (χ0v) is 16.8. The standard InChI is InChI=1S/C29H18N2/c1-2-9-19(10-3-1)25-18-17-22-20-11-4-6-15-26(20)31-27-16-7-5-12-21(27)23-13-8-14-24(29(23)31)28(22)30-25/h1-18H. The lowest BCUT2D eigenvalue weighted by Crippen LogP contribution is -1.95. The summed E-state index contributed by atoms with van der Waals surface area (Å²) in [4.78, 5) is 5.22. The molecule has 0 N–H and O–H groups in total. The molecule has 0 unspecified atom stereocenters. The predicted molar refractivity (Wildman–Crippen MR) is 128 cm³/mol. The molecule has 7 rings (SSSR count). The van der Waals surface area contributed by atoms with Crippen LogP contribution in [0, 0.1) is 0 Å². The van der Waals surface area contributed by atoms with Crippen LogP contribution in [0.4, 0.5) is 0 Å². The van der Waals surface area contributed by atoms with E-state index >= 15 is 0 Å². The van der Waals surface area contributed by atoms with Crippen LogP contribution in [-0.2, 0) is 0 Å². The minimum Gasteiger partial charge on any atom is -0.308 e. The highest BCUT2D eigenvalue weighted by molar-refractivity contribution is 6.16. The summed E-state index contributed by atoms with van der Waals surface area (Å²) in [6, 6.07) is 38.7. The number of hydrogen-bond donors (Lipinski definition) is 0. The summed E-state index contributed by atoms with van der Waals surface area (Å²) in [5.41, 5.74) is 10.4. The summed E-state index contributed by atoms with van der Waals surface area (Å²) in [7, 11) is 0. The van der Waals surface area contributed by atoms with Crippen LogP contribution in [0.15, 0.2) is 109 Å². The Hall–Kier alpha value is -4.17. The fraction of sp³-hybridized carbons (Fsp3) is 0. The molecule has 2 nitrogen and oxygen atoms in total. The highest BCUT2D eigenvalue weighted by atomic mass is 15.0. The van der Waals surface area contributed by atoms with E-state index in [4.69, 9.17) is 4.98 Å². The Morgan fingerprint density at radius 3 is 2.19 bits per heavy atom. The number of pyridine rings is 1. The van der Waals surface area contributed by atoms with Crippen LogP contribution in [0.25, 0.3) is 61.1 Å². The number of rotatable bonds is 1. The minimum absolute atomic E-state index is 0.999. The van der Waals surface area contributed by atoms with E-state index in [1.54, 1.807) is 0 Å². The van der Waals surface area contributed by atoms with E-state index in [2.05, 4.69) is 108 Å². The van der Waals surface area contributed by atoms with Crippen molar-refractivity contribution in [3.63, 3.8) is 0 Å². The maximum absolute atomic E-state index is 5.22. The van der Waals surface area contributed by atoms with E-state index in [9.17, 15) is 0 Å². The molecule has 0 amide bonds. The van der Waals surface area contributed by atoms with Crippen molar-refractivity contribution in [2.45, 2.75) is 0 Å². The topological polar surface area (TPSA) is 17.8 Å². The van der Waals surface area contributed by atoms with Crippen LogP contribution >= 0.6 is 0 Å². The number of para-hydroxylation sites is 3. The molecule has 2 aromatic heterocycles. The van der Waals surface area contributed by atoms with Crippen molar-refractivity contribution in [1.82, 2.24) is 9.55 Å². The van der Waals surface area contributed by atoms with E-state index in [1.165, 1.54) is 44.2 Å². The highest BCUT2D eigenvalue weighted by Crippen LogP contribution is 2.46. The summed E-state index contributed by atoms with van der Waals surface area (Å²) in [5.74, 6) is 0. The predicted octanol–water partition coefficient (Wildman–Crippen LogP) is 7.49. The van der Waals surface area contributed by atoms with Gasteiger partial charge in [0.15, 0.2) is 0 Å². The number of hydrogen-bond acceptors (Lipinski definition) is 1. The van der Waals surface area contributed by atoms with Gasteiger partial charge in [0.25, 0.3) is 0 Å². The molecule has 0 spiro atoms. The fourth-order valence-corrected chi connectivity index (χ4v) is 5.01. The molecular formula is C29H18N2. The Morgan fingerprint density at radius 2 is 1.26 bits per heavy atom. The average Bonchev–Trinajstić information content (AvgIpc) is 3.12. The zero-order valence-electron chi connectivity index (χ0n) is 16.8. The summed E-state index contributed by atoms with van der Waals surface area (Å²) in [5, 5.41) is 2.54. The van der Waals surface area contributed by atoms with E-state index in [0.29, 0.717) is 0 Å². The Balaban J connectivity index is 1.69. The van der Waals surface area contributed by atoms with Gasteiger partial charge in [0.1, 0.15) is 0 Å². The summed E-state index contributed by atoms with van der Waals surface area (Å²) >= 11 is 0. The lowest BCUT2D eigenvalue weighted by atomic mass is 9.97. The number of fused-ring (bicyclic) bond motifs is 8. The van der Waals surface area contributed by atoms with E-state index in [-0.39, 0.29) is 0 Å². The zero-order chi connectivity index (χ0) is 20.4. The lowest BCUT2D eigenvalue weighted by molar-refractivity contribution is 1.19. The Morgan fingerprint density at radius 1 is 0.516 bits per heavy atom. The van der Waals surface area contributed by atoms with Gasteiger partial charge in [0.2, 0.25) is 0 Å². The lowest BCUT2D eigenvalue weighted by Gasteiger charge is -2.12. The first-order valence-corrected chi connectivity index (χ1v) is 10.6. The average molecular weight is 394 g/mol. The largest absolute Gasteiger partial charge is 0.308 e. The molecule has 0 aliphatic carbocycles. The van der Waals surface area contributed by atoms with E-state index < -0.39 is 0 Å². The molecule has 6 aromatic rings. The van der Waals surface area contributed by atoms with Crippen molar-refractivity contribution in [3.8, 4) is 39.3 Å². The fourth-order valence-electron chi connectivity index (χ4n) is 5.01. The molecule has 3 heterocycles. The van der Waals surface area contributed by atoms with Crippen molar-refractivity contribution in [3.05, 3.63) is 109 Å². The van der Waals surface area contributed by atoms with Crippen LogP contribution in [0.2, 0.25) is 0 Å². The Kier molecular flexibility index (Phi) is 3.30. The SMILES string of the molecule is c1ccc(-c2ccc3c(n2)-c2cccc4c5ccccc5n(c24)-c2ccccc2-3)cc1. The van der Waals surface area contributed by atoms with Gasteiger partial charge in [0.05, 0.1) is 28.1 Å². The second-order valence-electron chi connectivity index (χ2n) is 8.03. The first-order chi connectivity index (χ1) is 15.4. The molecule has 0 bridgehead atoms. The monoisotopic (exact) mass is 394 g/mol. The van der Waals surface area contributed by atoms with Crippen molar-refractivity contribution in [1.29, 1.82) is 0 Å². The summed E-state index contributed by atoms with van der Waals surface area (Å²) < 4.78 is 2.42. The minimum atomic E-state index is 0.999. The van der Waals surface area contributed by atoms with Crippen molar-refractivity contribution >= 4 is 21.8 Å². The van der Waals surface area contributed by atoms with Crippen molar-refractivity contribution in [2.24, 2.45) is 0 Å². The molecule has 1 aliphatic rings. The van der Waals surface area contributed by atoms with Gasteiger partial charge < -0.3 is 4.57 Å². The van der Waals surface area contributed by atoms with E-state index in [1.807, 2.05) is 6.07 Å². The molecule has 2 heteroatoms. The van der Waals surface area contributed by atoms with Gasteiger partial charge in [0, 0.05) is 33.0 Å². The molecule has 1 aliphatic heterocycles. The van der Waals surface area contributed by atoms with Gasteiger partial charge in [-0.05, 0) is 24.3 Å². The quantitative estimate of drug-likeness (QED) is 0.282. The van der Waals surface area contributed by atoms with Gasteiger partial charge in [-0.3, -0.25) is 0 Å². The third-order valence-corrected chi connectivity index (χ3v) is 6.35. The van der Waals surface area contributed by atoms with Crippen LogP contribution in [-0.4, -0.2) is 9.55 Å². The van der Waals surface area contributed by atoms with Gasteiger partial charge in [-0.1, -0.05) is 84.9 Å². The van der Waals surface area contributed by atoms with Crippen LogP contribution < -0.4 is 0 Å². The van der Waals surface area contributed by atoms with E-state index in [0.717, 1.165) is 17.0 Å². The molecule has 0 fully saturated rings. The van der Waals surface area contributed by atoms with Gasteiger partial charge in [-0.15, -0.1) is 0 Å². The van der Waals surface area contributed by atoms with Gasteiger partial charge in [-0.2, -0.15) is 0 Å².